The molecule has 0 unspecified atom stereocenters. The van der Waals surface area contributed by atoms with Crippen molar-refractivity contribution < 1.29 is 4.79 Å². The summed E-state index contributed by atoms with van der Waals surface area (Å²) in [6, 6.07) is 0. The number of hydrogen-bond donors (Lipinski definition) is 3. The van der Waals surface area contributed by atoms with Gasteiger partial charge in [0.1, 0.15) is 5.56 Å². The van der Waals surface area contributed by atoms with Crippen LogP contribution in [0.1, 0.15) is 48.7 Å². The van der Waals surface area contributed by atoms with Gasteiger partial charge in [-0.25, -0.2) is 0 Å². The SMILES string of the molecule is CCC1(NC(=O)c2c(N)n[nH]c2C)CCC1. The fourth-order valence-corrected chi connectivity index (χ4v) is 2.21. The second-order valence-electron chi connectivity index (χ2n) is 4.55. The number of carbonyl (C=O) groups is 1. The van der Waals surface area contributed by atoms with E-state index in [4.69, 9.17) is 5.73 Å². The molecule has 0 radical (unpaired) electrons. The minimum Gasteiger partial charge on any atom is -0.382 e. The summed E-state index contributed by atoms with van der Waals surface area (Å²) in [6.45, 7) is 3.91. The maximum Gasteiger partial charge on any atom is 0.257 e. The molecule has 1 heterocycles. The van der Waals surface area contributed by atoms with Gasteiger partial charge in [-0.2, -0.15) is 5.10 Å². The van der Waals surface area contributed by atoms with Gasteiger partial charge in [0, 0.05) is 11.2 Å². The average Bonchev–Trinajstić information content (AvgIpc) is 2.52. The number of nitrogens with two attached hydrogens (primary N) is 1. The number of aryl methyl sites for hydroxylation is 1. The van der Waals surface area contributed by atoms with Crippen molar-refractivity contribution in [1.29, 1.82) is 0 Å². The van der Waals surface area contributed by atoms with E-state index in [9.17, 15) is 4.79 Å². The molecule has 0 spiro atoms. The number of carbonyl (C=O) groups excluding carboxylic acids is 1. The summed E-state index contributed by atoms with van der Waals surface area (Å²) in [5.41, 5.74) is 6.86. The van der Waals surface area contributed by atoms with E-state index in [0.717, 1.165) is 25.0 Å². The molecule has 1 aliphatic rings. The molecule has 1 aromatic rings. The van der Waals surface area contributed by atoms with E-state index in [1.807, 2.05) is 0 Å². The molecule has 88 valence electrons. The second-order valence-corrected chi connectivity index (χ2v) is 4.55. The molecule has 1 aromatic heterocycles. The van der Waals surface area contributed by atoms with Gasteiger partial charge in [-0.15, -0.1) is 0 Å². The molecule has 2 rings (SSSR count). The molecule has 0 aliphatic heterocycles. The van der Waals surface area contributed by atoms with Crippen LogP contribution >= 0.6 is 0 Å². The van der Waals surface area contributed by atoms with Crippen LogP contribution in [0.5, 0.6) is 0 Å². The number of anilines is 1. The van der Waals surface area contributed by atoms with Gasteiger partial charge in [0.05, 0.1) is 0 Å². The molecule has 1 amide bonds. The first kappa shape index (κ1) is 11.0. The molecule has 5 heteroatoms. The van der Waals surface area contributed by atoms with Crippen LogP contribution in [-0.2, 0) is 0 Å². The van der Waals surface area contributed by atoms with Crippen LogP contribution < -0.4 is 11.1 Å². The van der Waals surface area contributed by atoms with Gasteiger partial charge in [-0.1, -0.05) is 6.92 Å². The molecular formula is C11H18N4O. The van der Waals surface area contributed by atoms with Gasteiger partial charge in [0.25, 0.3) is 5.91 Å². The topological polar surface area (TPSA) is 83.8 Å². The summed E-state index contributed by atoms with van der Waals surface area (Å²) < 4.78 is 0. The van der Waals surface area contributed by atoms with Crippen LogP contribution in [0.25, 0.3) is 0 Å². The summed E-state index contributed by atoms with van der Waals surface area (Å²) in [7, 11) is 0. The molecule has 1 fully saturated rings. The molecule has 0 saturated heterocycles. The van der Waals surface area contributed by atoms with Crippen LogP contribution in [0.4, 0.5) is 5.82 Å². The molecule has 1 saturated carbocycles. The number of nitrogens with zero attached hydrogens (tertiary/aromatic N) is 1. The first-order chi connectivity index (χ1) is 7.58. The van der Waals surface area contributed by atoms with E-state index in [2.05, 4.69) is 22.4 Å². The van der Waals surface area contributed by atoms with E-state index in [-0.39, 0.29) is 17.3 Å². The average molecular weight is 222 g/mol. The van der Waals surface area contributed by atoms with Crippen LogP contribution in [-0.4, -0.2) is 21.6 Å². The van der Waals surface area contributed by atoms with Crippen molar-refractivity contribution >= 4 is 11.7 Å². The van der Waals surface area contributed by atoms with Crippen LogP contribution in [0.2, 0.25) is 0 Å². The predicted octanol–water partition coefficient (Wildman–Crippen LogP) is 1.36. The fraction of sp³-hybridized carbons (Fsp3) is 0.636. The molecule has 0 aromatic carbocycles. The van der Waals surface area contributed by atoms with Gasteiger partial charge in [0.15, 0.2) is 5.82 Å². The lowest BCUT2D eigenvalue weighted by molar-refractivity contribution is 0.0821. The number of hydrogen-bond acceptors (Lipinski definition) is 3. The van der Waals surface area contributed by atoms with Crippen molar-refractivity contribution in [2.24, 2.45) is 0 Å². The van der Waals surface area contributed by atoms with E-state index in [1.165, 1.54) is 6.42 Å². The zero-order valence-electron chi connectivity index (χ0n) is 9.76. The minimum absolute atomic E-state index is 0.00671. The van der Waals surface area contributed by atoms with E-state index in [1.54, 1.807) is 6.92 Å². The standard InChI is InChI=1S/C11H18N4O/c1-3-11(5-4-6-11)13-10(16)8-7(2)14-15-9(8)12/h3-6H2,1-2H3,(H,13,16)(H3,12,14,15). The lowest BCUT2D eigenvalue weighted by Gasteiger charge is -2.42. The Morgan fingerprint density at radius 2 is 2.31 bits per heavy atom. The Hall–Kier alpha value is -1.52. The predicted molar refractivity (Wildman–Crippen MR) is 62.1 cm³/mol. The molecule has 1 aliphatic carbocycles. The second kappa shape index (κ2) is 3.81. The van der Waals surface area contributed by atoms with E-state index in [0.29, 0.717) is 5.56 Å². The van der Waals surface area contributed by atoms with Crippen molar-refractivity contribution in [3.8, 4) is 0 Å². The highest BCUT2D eigenvalue weighted by atomic mass is 16.1. The van der Waals surface area contributed by atoms with Gasteiger partial charge < -0.3 is 11.1 Å². The summed E-state index contributed by atoms with van der Waals surface area (Å²) in [4.78, 5) is 12.1. The largest absolute Gasteiger partial charge is 0.382 e. The molecule has 16 heavy (non-hydrogen) atoms. The molecule has 0 bridgehead atoms. The summed E-state index contributed by atoms with van der Waals surface area (Å²) in [5, 5.41) is 9.64. The van der Waals surface area contributed by atoms with Gasteiger partial charge in [0.2, 0.25) is 0 Å². The Kier molecular flexibility index (Phi) is 2.61. The highest BCUT2D eigenvalue weighted by Gasteiger charge is 2.37. The van der Waals surface area contributed by atoms with Gasteiger partial charge in [-0.3, -0.25) is 9.89 Å². The summed E-state index contributed by atoms with van der Waals surface area (Å²) in [5.74, 6) is 0.172. The van der Waals surface area contributed by atoms with Crippen LogP contribution in [0.3, 0.4) is 0 Å². The zero-order valence-corrected chi connectivity index (χ0v) is 9.76. The van der Waals surface area contributed by atoms with Crippen molar-refractivity contribution in [3.05, 3.63) is 11.3 Å². The van der Waals surface area contributed by atoms with Crippen LogP contribution in [0, 0.1) is 6.92 Å². The van der Waals surface area contributed by atoms with E-state index >= 15 is 0 Å². The number of nitrogen functional groups attached to an aromatic ring is 1. The minimum atomic E-state index is -0.106. The molecular weight excluding hydrogens is 204 g/mol. The van der Waals surface area contributed by atoms with Crippen molar-refractivity contribution in [2.75, 3.05) is 5.73 Å². The fourth-order valence-electron chi connectivity index (χ4n) is 2.21. The zero-order chi connectivity index (χ0) is 11.8. The van der Waals surface area contributed by atoms with Gasteiger partial charge in [-0.05, 0) is 32.6 Å². The number of amides is 1. The third kappa shape index (κ3) is 1.66. The Labute approximate surface area is 94.8 Å². The van der Waals surface area contributed by atoms with Crippen molar-refractivity contribution in [3.63, 3.8) is 0 Å². The van der Waals surface area contributed by atoms with Crippen molar-refractivity contribution in [2.45, 2.75) is 45.1 Å². The number of aromatic nitrogens is 2. The smallest absolute Gasteiger partial charge is 0.257 e. The maximum absolute atomic E-state index is 12.1. The first-order valence-electron chi connectivity index (χ1n) is 5.71. The molecule has 5 nitrogen and oxygen atoms in total. The monoisotopic (exact) mass is 222 g/mol. The van der Waals surface area contributed by atoms with Crippen molar-refractivity contribution in [1.82, 2.24) is 15.5 Å². The lowest BCUT2D eigenvalue weighted by Crippen LogP contribution is -2.53. The summed E-state index contributed by atoms with van der Waals surface area (Å²) in [6.07, 6.45) is 4.28. The number of rotatable bonds is 3. The van der Waals surface area contributed by atoms with E-state index < -0.39 is 0 Å². The first-order valence-corrected chi connectivity index (χ1v) is 5.71. The normalized spacial score (nSPS) is 17.9. The lowest BCUT2D eigenvalue weighted by atomic mass is 9.74. The highest BCUT2D eigenvalue weighted by molar-refractivity contribution is 5.99. The third-order valence-electron chi connectivity index (χ3n) is 3.57. The number of H-pyrrole nitrogens is 1. The molecule has 0 atom stereocenters. The van der Waals surface area contributed by atoms with Gasteiger partial charge >= 0.3 is 0 Å². The Morgan fingerprint density at radius 3 is 2.69 bits per heavy atom. The number of aromatic amines is 1. The maximum atomic E-state index is 12.1. The Bertz CT molecular complexity index is 381. The van der Waals surface area contributed by atoms with Crippen LogP contribution in [0.15, 0.2) is 0 Å². The summed E-state index contributed by atoms with van der Waals surface area (Å²) >= 11 is 0. The Morgan fingerprint density at radius 1 is 1.62 bits per heavy atom. The number of nitrogens with one attached hydrogen (secondary N) is 2. The molecule has 4 N–H and O–H groups in total. The Balaban J connectivity index is 2.14. The quantitative estimate of drug-likeness (QED) is 0.722. The highest BCUT2D eigenvalue weighted by Crippen LogP contribution is 2.35. The third-order valence-corrected chi connectivity index (χ3v) is 3.57.